The molecule has 2 saturated heterocycles. The van der Waals surface area contributed by atoms with Gasteiger partial charge in [0.1, 0.15) is 0 Å². The van der Waals surface area contributed by atoms with Gasteiger partial charge in [0.25, 0.3) is 0 Å². The Morgan fingerprint density at radius 3 is 1.86 bits per heavy atom. The summed E-state index contributed by atoms with van der Waals surface area (Å²) in [5.41, 5.74) is 0. The topological polar surface area (TPSA) is 62.4 Å². The molecule has 2 rings (SSSR count). The van der Waals surface area contributed by atoms with Crippen LogP contribution in [0.2, 0.25) is 0 Å². The van der Waals surface area contributed by atoms with Gasteiger partial charge >= 0.3 is 5.97 Å². The third-order valence-electron chi connectivity index (χ3n) is 4.83. The van der Waals surface area contributed by atoms with Crippen LogP contribution in [0.5, 0.6) is 0 Å². The predicted molar refractivity (Wildman–Crippen MR) is 86.0 cm³/mol. The Labute approximate surface area is 134 Å². The molecule has 2 heterocycles. The smallest absolute Gasteiger partial charge is 0.303 e. The van der Waals surface area contributed by atoms with Crippen molar-refractivity contribution in [2.45, 2.75) is 108 Å². The van der Waals surface area contributed by atoms with Gasteiger partial charge in [-0.05, 0) is 32.1 Å². The van der Waals surface area contributed by atoms with Crippen LogP contribution < -0.4 is 0 Å². The molecule has 4 atom stereocenters. The Balaban J connectivity index is 1.37. The minimum Gasteiger partial charge on any atom is -0.481 e. The average molecular weight is 312 g/mol. The lowest BCUT2D eigenvalue weighted by Gasteiger charge is -1.99. The molecule has 0 spiro atoms. The van der Waals surface area contributed by atoms with Crippen LogP contribution in [0, 0.1) is 0 Å². The molecule has 0 saturated carbocycles. The van der Waals surface area contributed by atoms with E-state index in [2.05, 4.69) is 6.92 Å². The molecule has 0 amide bonds. The van der Waals surface area contributed by atoms with Crippen LogP contribution in [0.25, 0.3) is 0 Å². The van der Waals surface area contributed by atoms with Gasteiger partial charge in [-0.2, -0.15) is 0 Å². The summed E-state index contributed by atoms with van der Waals surface area (Å²) in [5.74, 6) is -0.707. The van der Waals surface area contributed by atoms with E-state index in [1.807, 2.05) is 0 Å². The fourth-order valence-electron chi connectivity index (χ4n) is 3.28. The number of carbonyl (C=O) groups is 1. The summed E-state index contributed by atoms with van der Waals surface area (Å²) in [6.45, 7) is 2.25. The van der Waals surface area contributed by atoms with Crippen molar-refractivity contribution < 1.29 is 19.4 Å². The lowest BCUT2D eigenvalue weighted by molar-refractivity contribution is -0.137. The Kier molecular flexibility index (Phi) is 7.67. The Hall–Kier alpha value is -0.610. The summed E-state index contributed by atoms with van der Waals surface area (Å²) in [7, 11) is 0. The molecular weight excluding hydrogens is 280 g/mol. The van der Waals surface area contributed by atoms with E-state index in [4.69, 9.17) is 14.6 Å². The monoisotopic (exact) mass is 312 g/mol. The second kappa shape index (κ2) is 9.51. The normalized spacial score (nSPS) is 29.5. The molecule has 22 heavy (non-hydrogen) atoms. The van der Waals surface area contributed by atoms with Gasteiger partial charge in [-0.15, -0.1) is 0 Å². The maximum absolute atomic E-state index is 10.4. The number of ether oxygens (including phenoxy) is 2. The van der Waals surface area contributed by atoms with E-state index in [0.29, 0.717) is 24.4 Å². The molecule has 2 aliphatic heterocycles. The van der Waals surface area contributed by atoms with Gasteiger partial charge in [-0.3, -0.25) is 4.79 Å². The van der Waals surface area contributed by atoms with Crippen molar-refractivity contribution >= 4 is 5.97 Å². The summed E-state index contributed by atoms with van der Waals surface area (Å²) < 4.78 is 11.3. The standard InChI is InChI=1S/C18H32O4/c1-2-3-4-5-6-7-9-14-16(21-14)12-13-17-15(22-17)10-8-11-18(19)20/h14-17H,2-13H2,1H3,(H,19,20). The zero-order valence-electron chi connectivity index (χ0n) is 14.0. The Morgan fingerprint density at radius 2 is 1.27 bits per heavy atom. The summed E-state index contributed by atoms with van der Waals surface area (Å²) in [5, 5.41) is 8.60. The van der Waals surface area contributed by atoms with Crippen molar-refractivity contribution in [2.75, 3.05) is 0 Å². The van der Waals surface area contributed by atoms with Crippen molar-refractivity contribution in [3.05, 3.63) is 0 Å². The van der Waals surface area contributed by atoms with Gasteiger partial charge in [-0.1, -0.05) is 45.4 Å². The van der Waals surface area contributed by atoms with Crippen LogP contribution >= 0.6 is 0 Å². The van der Waals surface area contributed by atoms with Gasteiger partial charge in [0, 0.05) is 6.42 Å². The summed E-state index contributed by atoms with van der Waals surface area (Å²) in [4.78, 5) is 10.4. The van der Waals surface area contributed by atoms with Crippen molar-refractivity contribution in [1.29, 1.82) is 0 Å². The fourth-order valence-corrected chi connectivity index (χ4v) is 3.28. The largest absolute Gasteiger partial charge is 0.481 e. The second-order valence-electron chi connectivity index (χ2n) is 6.85. The molecule has 0 aromatic heterocycles. The lowest BCUT2D eigenvalue weighted by Crippen LogP contribution is -2.01. The molecule has 4 heteroatoms. The first-order valence-corrected chi connectivity index (χ1v) is 9.23. The minimum absolute atomic E-state index is 0.263. The van der Waals surface area contributed by atoms with E-state index in [0.717, 1.165) is 25.7 Å². The maximum Gasteiger partial charge on any atom is 0.303 e. The third-order valence-corrected chi connectivity index (χ3v) is 4.83. The van der Waals surface area contributed by atoms with Gasteiger partial charge in [0.15, 0.2) is 0 Å². The van der Waals surface area contributed by atoms with Crippen LogP contribution in [0.4, 0.5) is 0 Å². The summed E-state index contributed by atoms with van der Waals surface area (Å²) in [6.07, 6.45) is 15.1. The number of hydrogen-bond acceptors (Lipinski definition) is 3. The molecular formula is C18H32O4. The number of epoxide rings is 2. The van der Waals surface area contributed by atoms with E-state index < -0.39 is 5.97 Å². The number of unbranched alkanes of at least 4 members (excludes halogenated alkanes) is 5. The average Bonchev–Trinajstić information content (AvgIpc) is 3.37. The molecule has 0 aromatic carbocycles. The van der Waals surface area contributed by atoms with Crippen LogP contribution in [-0.4, -0.2) is 35.5 Å². The van der Waals surface area contributed by atoms with Gasteiger partial charge in [-0.25, -0.2) is 0 Å². The number of carboxylic acid groups (broad SMARTS) is 1. The number of aliphatic carboxylic acids is 1. The maximum atomic E-state index is 10.4. The highest BCUT2D eigenvalue weighted by Gasteiger charge is 2.42. The highest BCUT2D eigenvalue weighted by Crippen LogP contribution is 2.36. The van der Waals surface area contributed by atoms with E-state index in [9.17, 15) is 4.79 Å². The number of carboxylic acids is 1. The molecule has 128 valence electrons. The second-order valence-corrected chi connectivity index (χ2v) is 6.85. The molecule has 0 aromatic rings. The first-order valence-electron chi connectivity index (χ1n) is 9.23. The lowest BCUT2D eigenvalue weighted by atomic mass is 10.0. The van der Waals surface area contributed by atoms with E-state index >= 15 is 0 Å². The molecule has 0 bridgehead atoms. The molecule has 4 unspecified atom stereocenters. The number of rotatable bonds is 14. The molecule has 2 fully saturated rings. The summed E-state index contributed by atoms with van der Waals surface area (Å²) >= 11 is 0. The van der Waals surface area contributed by atoms with Crippen LogP contribution in [0.3, 0.4) is 0 Å². The molecule has 1 N–H and O–H groups in total. The minimum atomic E-state index is -0.707. The predicted octanol–water partition coefficient (Wildman–Crippen LogP) is 4.31. The first kappa shape index (κ1) is 17.7. The molecule has 0 aliphatic carbocycles. The van der Waals surface area contributed by atoms with Gasteiger partial charge < -0.3 is 14.6 Å². The van der Waals surface area contributed by atoms with E-state index in [1.165, 1.54) is 44.9 Å². The van der Waals surface area contributed by atoms with Crippen LogP contribution in [-0.2, 0) is 14.3 Å². The van der Waals surface area contributed by atoms with Gasteiger partial charge in [0.05, 0.1) is 24.4 Å². The first-order chi connectivity index (χ1) is 10.7. The fraction of sp³-hybridized carbons (Fsp3) is 0.944. The number of hydrogen-bond donors (Lipinski definition) is 1. The van der Waals surface area contributed by atoms with Crippen molar-refractivity contribution in [1.82, 2.24) is 0 Å². The molecule has 0 radical (unpaired) electrons. The summed E-state index contributed by atoms with van der Waals surface area (Å²) in [6, 6.07) is 0. The van der Waals surface area contributed by atoms with Crippen LogP contribution in [0.1, 0.15) is 84.0 Å². The quantitative estimate of drug-likeness (QED) is 0.383. The SMILES string of the molecule is CCCCCCCCC1OC1CCC1OC1CCCC(=O)O. The highest BCUT2D eigenvalue weighted by atomic mass is 16.6. The van der Waals surface area contributed by atoms with Crippen LogP contribution in [0.15, 0.2) is 0 Å². The highest BCUT2D eigenvalue weighted by molar-refractivity contribution is 5.66. The Morgan fingerprint density at radius 1 is 0.773 bits per heavy atom. The zero-order chi connectivity index (χ0) is 15.8. The van der Waals surface area contributed by atoms with Crippen molar-refractivity contribution in [3.63, 3.8) is 0 Å². The zero-order valence-corrected chi connectivity index (χ0v) is 14.0. The van der Waals surface area contributed by atoms with Crippen molar-refractivity contribution in [2.24, 2.45) is 0 Å². The van der Waals surface area contributed by atoms with E-state index in [1.54, 1.807) is 0 Å². The molecule has 2 aliphatic rings. The Bertz CT molecular complexity index is 331. The van der Waals surface area contributed by atoms with Crippen molar-refractivity contribution in [3.8, 4) is 0 Å². The van der Waals surface area contributed by atoms with Gasteiger partial charge in [0.2, 0.25) is 0 Å². The molecule has 4 nitrogen and oxygen atoms in total. The third kappa shape index (κ3) is 7.10. The van der Waals surface area contributed by atoms with E-state index in [-0.39, 0.29) is 6.42 Å².